The molecule has 0 unspecified atom stereocenters. The van der Waals surface area contributed by atoms with Crippen LogP contribution in [0, 0.1) is 0 Å². The molecule has 1 heterocycles. The van der Waals surface area contributed by atoms with Crippen molar-refractivity contribution in [2.45, 2.75) is 36.3 Å². The second kappa shape index (κ2) is 8.39. The number of thioether (sulfide) groups is 1. The van der Waals surface area contributed by atoms with Crippen molar-refractivity contribution in [2.24, 2.45) is 0 Å². The molecule has 28 heavy (non-hydrogen) atoms. The summed E-state index contributed by atoms with van der Waals surface area (Å²) in [5, 5.41) is 8.44. The van der Waals surface area contributed by atoms with Gasteiger partial charge < -0.3 is 4.42 Å². The molecule has 0 spiro atoms. The third kappa shape index (κ3) is 5.24. The molecule has 0 N–H and O–H groups in total. The van der Waals surface area contributed by atoms with E-state index in [1.54, 1.807) is 24.3 Å². The van der Waals surface area contributed by atoms with Crippen molar-refractivity contribution in [3.05, 3.63) is 58.6 Å². The lowest BCUT2D eigenvalue weighted by molar-refractivity contribution is 0.466. The number of sulfone groups is 1. The van der Waals surface area contributed by atoms with E-state index in [-0.39, 0.29) is 11.2 Å². The number of hydrogen-bond donors (Lipinski definition) is 0. The van der Waals surface area contributed by atoms with Crippen LogP contribution in [0.25, 0.3) is 11.5 Å². The molecule has 0 saturated carbocycles. The Morgan fingerprint density at radius 3 is 2.25 bits per heavy atom. The van der Waals surface area contributed by atoms with Crippen LogP contribution in [-0.4, -0.2) is 30.1 Å². The maximum absolute atomic E-state index is 12.4. The zero-order chi connectivity index (χ0) is 20.4. The van der Waals surface area contributed by atoms with E-state index in [1.807, 2.05) is 12.1 Å². The minimum atomic E-state index is -3.34. The quantitative estimate of drug-likeness (QED) is 0.441. The maximum atomic E-state index is 12.4. The summed E-state index contributed by atoms with van der Waals surface area (Å²) in [5.41, 5.74) is 2.15. The van der Waals surface area contributed by atoms with Crippen LogP contribution in [0.1, 0.15) is 26.3 Å². The van der Waals surface area contributed by atoms with Crippen LogP contribution in [0.3, 0.4) is 0 Å². The van der Waals surface area contributed by atoms with Crippen molar-refractivity contribution in [1.29, 1.82) is 0 Å². The zero-order valence-electron chi connectivity index (χ0n) is 15.8. The van der Waals surface area contributed by atoms with Gasteiger partial charge in [0.15, 0.2) is 9.84 Å². The van der Waals surface area contributed by atoms with E-state index >= 15 is 0 Å². The first kappa shape index (κ1) is 21.1. The smallest absolute Gasteiger partial charge is 0.276 e. The van der Waals surface area contributed by atoms with Gasteiger partial charge in [-0.05, 0) is 47.4 Å². The third-order valence-electron chi connectivity index (χ3n) is 4.15. The summed E-state index contributed by atoms with van der Waals surface area (Å²) in [6, 6.07) is 14.6. The number of nitrogens with zero attached hydrogens (tertiary/aromatic N) is 2. The van der Waals surface area contributed by atoms with Crippen molar-refractivity contribution >= 4 is 37.5 Å². The van der Waals surface area contributed by atoms with Crippen LogP contribution in [0.2, 0.25) is 0 Å². The zero-order valence-corrected chi connectivity index (χ0v) is 19.1. The number of aromatic nitrogens is 2. The minimum absolute atomic E-state index is 0.00269. The highest BCUT2D eigenvalue weighted by molar-refractivity contribution is 9.10. The fraction of sp³-hybridized carbons (Fsp3) is 0.300. The average Bonchev–Trinajstić information content (AvgIpc) is 3.10. The van der Waals surface area contributed by atoms with Gasteiger partial charge in [0, 0.05) is 15.8 Å². The van der Waals surface area contributed by atoms with Gasteiger partial charge in [-0.3, -0.25) is 0 Å². The highest BCUT2D eigenvalue weighted by Gasteiger charge is 2.17. The summed E-state index contributed by atoms with van der Waals surface area (Å²) in [6.45, 7) is 6.48. The van der Waals surface area contributed by atoms with E-state index < -0.39 is 9.84 Å². The van der Waals surface area contributed by atoms with Crippen molar-refractivity contribution in [2.75, 3.05) is 11.5 Å². The fourth-order valence-electron chi connectivity index (χ4n) is 2.50. The van der Waals surface area contributed by atoms with Gasteiger partial charge in [-0.15, -0.1) is 10.2 Å². The molecule has 5 nitrogen and oxygen atoms in total. The first-order chi connectivity index (χ1) is 13.1. The van der Waals surface area contributed by atoms with Crippen LogP contribution < -0.4 is 0 Å². The van der Waals surface area contributed by atoms with Crippen LogP contribution in [-0.2, 0) is 15.3 Å². The molecule has 148 valence electrons. The Hall–Kier alpha value is -1.64. The monoisotopic (exact) mass is 480 g/mol. The van der Waals surface area contributed by atoms with E-state index in [4.69, 9.17) is 4.42 Å². The second-order valence-electron chi connectivity index (χ2n) is 7.32. The Kier molecular flexibility index (Phi) is 6.31. The summed E-state index contributed by atoms with van der Waals surface area (Å²) in [5.74, 6) is 0.763. The van der Waals surface area contributed by atoms with Crippen molar-refractivity contribution in [1.82, 2.24) is 10.2 Å². The molecule has 1 aromatic heterocycles. The van der Waals surface area contributed by atoms with Gasteiger partial charge in [0.2, 0.25) is 5.89 Å². The Morgan fingerprint density at radius 2 is 1.64 bits per heavy atom. The van der Waals surface area contributed by atoms with Crippen LogP contribution in [0.5, 0.6) is 0 Å². The van der Waals surface area contributed by atoms with Gasteiger partial charge in [0.1, 0.15) is 0 Å². The molecule has 0 aliphatic rings. The average molecular weight is 481 g/mol. The number of halogens is 1. The summed E-state index contributed by atoms with van der Waals surface area (Å²) >= 11 is 4.54. The lowest BCUT2D eigenvalue weighted by Gasteiger charge is -2.18. The first-order valence-electron chi connectivity index (χ1n) is 8.71. The topological polar surface area (TPSA) is 73.1 Å². The molecule has 3 rings (SSSR count). The van der Waals surface area contributed by atoms with Gasteiger partial charge >= 0.3 is 0 Å². The molecule has 0 radical (unpaired) electrons. The van der Waals surface area contributed by atoms with Gasteiger partial charge in [-0.25, -0.2) is 8.42 Å². The molecule has 0 saturated heterocycles. The number of rotatable bonds is 6. The van der Waals surface area contributed by atoms with Crippen molar-refractivity contribution in [3.8, 4) is 11.5 Å². The second-order valence-corrected chi connectivity index (χ2v) is 11.4. The SMILES string of the molecule is CC(C)(C)c1ccc(-c2nnc(SCCS(=O)(=O)c3ccc(Br)cc3)o2)cc1. The molecular weight excluding hydrogens is 460 g/mol. The Morgan fingerprint density at radius 1 is 1.00 bits per heavy atom. The summed E-state index contributed by atoms with van der Waals surface area (Å²) in [7, 11) is -3.34. The highest BCUT2D eigenvalue weighted by atomic mass is 79.9. The van der Waals surface area contributed by atoms with Crippen LogP contribution >= 0.6 is 27.7 Å². The Bertz CT molecular complexity index is 1040. The standard InChI is InChI=1S/C20H21BrN2O3S2/c1-20(2,3)15-6-4-14(5-7-15)18-22-23-19(26-18)27-12-13-28(24,25)17-10-8-16(21)9-11-17/h4-11H,12-13H2,1-3H3. The van der Waals surface area contributed by atoms with E-state index in [1.165, 1.54) is 17.3 Å². The molecule has 0 atom stereocenters. The first-order valence-corrected chi connectivity index (χ1v) is 12.1. The molecule has 0 bridgehead atoms. The predicted molar refractivity (Wildman–Crippen MR) is 115 cm³/mol. The van der Waals surface area contributed by atoms with Gasteiger partial charge in [-0.2, -0.15) is 0 Å². The van der Waals surface area contributed by atoms with Crippen LogP contribution in [0.15, 0.2) is 67.5 Å². The van der Waals surface area contributed by atoms with Gasteiger partial charge in [0.05, 0.1) is 10.6 Å². The summed E-state index contributed by atoms with van der Waals surface area (Å²) in [6.07, 6.45) is 0. The molecule has 3 aromatic rings. The van der Waals surface area contributed by atoms with Crippen molar-refractivity contribution < 1.29 is 12.8 Å². The molecule has 0 aliphatic carbocycles. The van der Waals surface area contributed by atoms with Crippen molar-refractivity contribution in [3.63, 3.8) is 0 Å². The Labute approximate surface area is 178 Å². The highest BCUT2D eigenvalue weighted by Crippen LogP contribution is 2.27. The molecule has 0 aliphatic heterocycles. The molecule has 0 fully saturated rings. The van der Waals surface area contributed by atoms with Gasteiger partial charge in [-0.1, -0.05) is 60.6 Å². The van der Waals surface area contributed by atoms with E-state index in [0.29, 0.717) is 21.8 Å². The van der Waals surface area contributed by atoms with Gasteiger partial charge in [0.25, 0.3) is 5.22 Å². The lowest BCUT2D eigenvalue weighted by Crippen LogP contribution is -2.10. The maximum Gasteiger partial charge on any atom is 0.276 e. The van der Waals surface area contributed by atoms with Crippen LogP contribution in [0.4, 0.5) is 0 Å². The minimum Gasteiger partial charge on any atom is -0.411 e. The lowest BCUT2D eigenvalue weighted by atomic mass is 9.87. The fourth-order valence-corrected chi connectivity index (χ4v) is 5.17. The predicted octanol–water partition coefficient (Wildman–Crippen LogP) is 5.36. The Balaban J connectivity index is 1.61. The molecule has 0 amide bonds. The summed E-state index contributed by atoms with van der Waals surface area (Å²) in [4.78, 5) is 0.307. The molecule has 8 heteroatoms. The third-order valence-corrected chi connectivity index (χ3v) is 7.49. The largest absolute Gasteiger partial charge is 0.411 e. The van der Waals surface area contributed by atoms with E-state index in [2.05, 4.69) is 59.0 Å². The number of hydrogen-bond acceptors (Lipinski definition) is 6. The number of benzene rings is 2. The summed E-state index contributed by atoms with van der Waals surface area (Å²) < 4.78 is 31.3. The van der Waals surface area contributed by atoms with E-state index in [9.17, 15) is 8.42 Å². The molecule has 2 aromatic carbocycles. The van der Waals surface area contributed by atoms with E-state index in [0.717, 1.165) is 10.0 Å². The normalized spacial score (nSPS) is 12.3. The molecular formula is C20H21BrN2O3S2.